The summed E-state index contributed by atoms with van der Waals surface area (Å²) in [5.41, 5.74) is 2.32. The molecule has 1 aromatic rings. The van der Waals surface area contributed by atoms with Gasteiger partial charge in [-0.2, -0.15) is 0 Å². The molecular formula is C14H18N2O. The van der Waals surface area contributed by atoms with Crippen molar-refractivity contribution in [1.82, 2.24) is 10.2 Å². The zero-order chi connectivity index (χ0) is 12.1. The molecule has 1 heterocycles. The van der Waals surface area contributed by atoms with Crippen molar-refractivity contribution in [3.05, 3.63) is 41.6 Å². The topological polar surface area (TPSA) is 32.3 Å². The smallest absolute Gasteiger partial charge is 0.321 e. The average molecular weight is 230 g/mol. The van der Waals surface area contributed by atoms with E-state index in [1.165, 1.54) is 5.56 Å². The summed E-state index contributed by atoms with van der Waals surface area (Å²) in [6.07, 6.45) is 5.88. The Morgan fingerprint density at radius 2 is 2.12 bits per heavy atom. The van der Waals surface area contributed by atoms with Gasteiger partial charge >= 0.3 is 6.03 Å². The van der Waals surface area contributed by atoms with Crippen molar-refractivity contribution in [2.45, 2.75) is 19.8 Å². The highest BCUT2D eigenvalue weighted by Gasteiger charge is 2.15. The van der Waals surface area contributed by atoms with Crippen LogP contribution in [0, 0.1) is 6.92 Å². The molecule has 1 saturated heterocycles. The normalized spacial score (nSPS) is 15.5. The minimum Gasteiger partial charge on any atom is -0.325 e. The van der Waals surface area contributed by atoms with E-state index in [0.717, 1.165) is 31.5 Å². The largest absolute Gasteiger partial charge is 0.325 e. The summed E-state index contributed by atoms with van der Waals surface area (Å²) in [4.78, 5) is 13.5. The summed E-state index contributed by atoms with van der Waals surface area (Å²) < 4.78 is 0. The highest BCUT2D eigenvalue weighted by Crippen LogP contribution is 2.07. The first kappa shape index (κ1) is 11.7. The van der Waals surface area contributed by atoms with Crippen LogP contribution in [0.1, 0.15) is 24.0 Å². The molecule has 90 valence electrons. The quantitative estimate of drug-likeness (QED) is 0.832. The Morgan fingerprint density at radius 1 is 1.35 bits per heavy atom. The summed E-state index contributed by atoms with van der Waals surface area (Å²) in [6.45, 7) is 3.81. The van der Waals surface area contributed by atoms with Crippen molar-refractivity contribution >= 4 is 12.1 Å². The van der Waals surface area contributed by atoms with Gasteiger partial charge in [0.25, 0.3) is 0 Å². The van der Waals surface area contributed by atoms with E-state index in [-0.39, 0.29) is 6.03 Å². The van der Waals surface area contributed by atoms with Crippen molar-refractivity contribution in [2.24, 2.45) is 0 Å². The molecule has 2 amide bonds. The van der Waals surface area contributed by atoms with Gasteiger partial charge in [0.2, 0.25) is 0 Å². The van der Waals surface area contributed by atoms with E-state index >= 15 is 0 Å². The van der Waals surface area contributed by atoms with E-state index in [0.29, 0.717) is 0 Å². The molecule has 0 bridgehead atoms. The van der Waals surface area contributed by atoms with Crippen molar-refractivity contribution in [1.29, 1.82) is 0 Å². The van der Waals surface area contributed by atoms with Gasteiger partial charge in [0.15, 0.2) is 0 Å². The summed E-state index contributed by atoms with van der Waals surface area (Å²) in [6, 6.07) is 8.17. The minimum atomic E-state index is 0.00593. The van der Waals surface area contributed by atoms with Crippen molar-refractivity contribution < 1.29 is 4.79 Å². The lowest BCUT2D eigenvalue weighted by atomic mass is 10.1. The van der Waals surface area contributed by atoms with Crippen LogP contribution in [0.5, 0.6) is 0 Å². The van der Waals surface area contributed by atoms with Crippen LogP contribution >= 0.6 is 0 Å². The lowest BCUT2D eigenvalue weighted by molar-refractivity contribution is 0.212. The Bertz CT molecular complexity index is 420. The molecule has 0 aromatic heterocycles. The summed E-state index contributed by atoms with van der Waals surface area (Å²) in [5.74, 6) is 0. The van der Waals surface area contributed by atoms with E-state index < -0.39 is 0 Å². The van der Waals surface area contributed by atoms with E-state index in [1.807, 2.05) is 23.1 Å². The van der Waals surface area contributed by atoms with Gasteiger partial charge in [0.1, 0.15) is 0 Å². The van der Waals surface area contributed by atoms with E-state index in [2.05, 4.69) is 24.4 Å². The molecule has 17 heavy (non-hydrogen) atoms. The number of hydrogen-bond acceptors (Lipinski definition) is 1. The lowest BCUT2D eigenvalue weighted by Crippen LogP contribution is -2.34. The molecule has 0 radical (unpaired) electrons. The third-order valence-electron chi connectivity index (χ3n) is 2.92. The van der Waals surface area contributed by atoms with Gasteiger partial charge in [-0.15, -0.1) is 0 Å². The van der Waals surface area contributed by atoms with Crippen LogP contribution in [0.2, 0.25) is 0 Å². The zero-order valence-electron chi connectivity index (χ0n) is 10.1. The molecule has 1 aliphatic rings. The Kier molecular flexibility index (Phi) is 3.81. The molecule has 3 heteroatoms. The van der Waals surface area contributed by atoms with Gasteiger partial charge < -0.3 is 10.2 Å². The molecular weight excluding hydrogens is 212 g/mol. The number of carbonyl (C=O) groups excluding carboxylic acids is 1. The highest BCUT2D eigenvalue weighted by molar-refractivity contribution is 5.76. The predicted octanol–water partition coefficient (Wildman–Crippen LogP) is 2.77. The number of hydrogen-bond donors (Lipinski definition) is 1. The maximum atomic E-state index is 11.7. The number of nitrogens with zero attached hydrogens (tertiary/aromatic N) is 1. The highest BCUT2D eigenvalue weighted by atomic mass is 16.2. The Morgan fingerprint density at radius 3 is 2.82 bits per heavy atom. The molecule has 0 unspecified atom stereocenters. The van der Waals surface area contributed by atoms with E-state index in [9.17, 15) is 4.79 Å². The number of rotatable bonds is 2. The summed E-state index contributed by atoms with van der Waals surface area (Å²) in [7, 11) is 0. The van der Waals surface area contributed by atoms with Gasteiger partial charge in [-0.3, -0.25) is 0 Å². The fraction of sp³-hybridized carbons (Fsp3) is 0.357. The first-order valence-corrected chi connectivity index (χ1v) is 6.04. The molecule has 0 spiro atoms. The molecule has 1 fully saturated rings. The second-order valence-corrected chi connectivity index (χ2v) is 4.39. The van der Waals surface area contributed by atoms with Crippen molar-refractivity contribution in [3.8, 4) is 0 Å². The third-order valence-corrected chi connectivity index (χ3v) is 2.92. The lowest BCUT2D eigenvalue weighted by Gasteiger charge is -2.13. The van der Waals surface area contributed by atoms with Crippen LogP contribution in [0.3, 0.4) is 0 Å². The maximum absolute atomic E-state index is 11.7. The van der Waals surface area contributed by atoms with Crippen LogP contribution in [-0.4, -0.2) is 24.0 Å². The fourth-order valence-electron chi connectivity index (χ4n) is 1.99. The number of urea groups is 1. The van der Waals surface area contributed by atoms with Gasteiger partial charge in [-0.05, 0) is 31.4 Å². The SMILES string of the molecule is Cc1cccc(/C=C/NC(=O)N2CCCC2)c1. The molecule has 2 rings (SSSR count). The van der Waals surface area contributed by atoms with Crippen LogP contribution < -0.4 is 5.32 Å². The molecule has 0 atom stereocenters. The Labute approximate surface area is 102 Å². The summed E-state index contributed by atoms with van der Waals surface area (Å²) >= 11 is 0. The monoisotopic (exact) mass is 230 g/mol. The van der Waals surface area contributed by atoms with Crippen LogP contribution in [-0.2, 0) is 0 Å². The number of benzene rings is 1. The predicted molar refractivity (Wildman–Crippen MR) is 69.6 cm³/mol. The first-order chi connectivity index (χ1) is 8.25. The van der Waals surface area contributed by atoms with E-state index in [4.69, 9.17) is 0 Å². The molecule has 1 aromatic carbocycles. The second kappa shape index (κ2) is 5.53. The first-order valence-electron chi connectivity index (χ1n) is 6.04. The average Bonchev–Trinajstić information content (AvgIpc) is 2.82. The number of nitrogens with one attached hydrogen (secondary N) is 1. The Balaban J connectivity index is 1.86. The minimum absolute atomic E-state index is 0.00593. The van der Waals surface area contributed by atoms with Gasteiger partial charge in [0, 0.05) is 19.3 Å². The van der Waals surface area contributed by atoms with Crippen LogP contribution in [0.15, 0.2) is 30.5 Å². The Hall–Kier alpha value is -1.77. The molecule has 1 N–H and O–H groups in total. The maximum Gasteiger partial charge on any atom is 0.321 e. The second-order valence-electron chi connectivity index (χ2n) is 4.39. The van der Waals surface area contributed by atoms with Gasteiger partial charge in [0.05, 0.1) is 0 Å². The van der Waals surface area contributed by atoms with Gasteiger partial charge in [-0.1, -0.05) is 29.8 Å². The molecule has 1 aliphatic heterocycles. The fourth-order valence-corrected chi connectivity index (χ4v) is 1.99. The van der Waals surface area contributed by atoms with E-state index in [1.54, 1.807) is 6.20 Å². The molecule has 3 nitrogen and oxygen atoms in total. The van der Waals surface area contributed by atoms with Crippen LogP contribution in [0.4, 0.5) is 4.79 Å². The van der Waals surface area contributed by atoms with Crippen LogP contribution in [0.25, 0.3) is 6.08 Å². The van der Waals surface area contributed by atoms with Crippen molar-refractivity contribution in [2.75, 3.05) is 13.1 Å². The summed E-state index contributed by atoms with van der Waals surface area (Å²) in [5, 5.41) is 2.80. The zero-order valence-corrected chi connectivity index (χ0v) is 10.1. The van der Waals surface area contributed by atoms with Gasteiger partial charge in [-0.25, -0.2) is 4.79 Å². The third kappa shape index (κ3) is 3.34. The standard InChI is InChI=1S/C14H18N2O/c1-12-5-4-6-13(11-12)7-8-15-14(17)16-9-2-3-10-16/h4-8,11H,2-3,9-10H2,1H3,(H,15,17)/b8-7+. The number of carbonyl (C=O) groups is 1. The molecule has 0 saturated carbocycles. The molecule has 0 aliphatic carbocycles. The number of aryl methyl sites for hydroxylation is 1. The van der Waals surface area contributed by atoms with Crippen molar-refractivity contribution in [3.63, 3.8) is 0 Å². The number of likely N-dealkylation sites (tertiary alicyclic amines) is 1. The number of amides is 2.